The predicted molar refractivity (Wildman–Crippen MR) is 99.6 cm³/mol. The van der Waals surface area contributed by atoms with Crippen LogP contribution >= 0.6 is 0 Å². The van der Waals surface area contributed by atoms with Crippen LogP contribution in [0.15, 0.2) is 35.1 Å². The minimum Gasteiger partial charge on any atom is -0.454 e. The van der Waals surface area contributed by atoms with Crippen molar-refractivity contribution in [3.05, 3.63) is 42.3 Å². The van der Waals surface area contributed by atoms with Crippen molar-refractivity contribution >= 4 is 0 Å². The molecule has 28 heavy (non-hydrogen) atoms. The Morgan fingerprint density at radius 3 is 2.57 bits per heavy atom. The van der Waals surface area contributed by atoms with Crippen LogP contribution in [0.2, 0.25) is 0 Å². The summed E-state index contributed by atoms with van der Waals surface area (Å²) in [5.41, 5.74) is 0.860. The predicted octanol–water partition coefficient (Wildman–Crippen LogP) is 1.52. The summed E-state index contributed by atoms with van der Waals surface area (Å²) in [6.45, 7) is 5.71. The van der Waals surface area contributed by atoms with Gasteiger partial charge in [-0.05, 0) is 18.2 Å². The van der Waals surface area contributed by atoms with Gasteiger partial charge >= 0.3 is 0 Å². The Kier molecular flexibility index (Phi) is 4.46. The smallest absolute Gasteiger partial charge is 0.241 e. The molecule has 2 aliphatic rings. The van der Waals surface area contributed by atoms with Crippen molar-refractivity contribution in [1.29, 1.82) is 0 Å². The molecule has 0 spiro atoms. The van der Waals surface area contributed by atoms with E-state index in [4.69, 9.17) is 14.0 Å². The Morgan fingerprint density at radius 2 is 1.79 bits per heavy atom. The van der Waals surface area contributed by atoms with E-state index >= 15 is 0 Å². The average Bonchev–Trinajstić information content (AvgIpc) is 3.45. The standard InChI is InChI=1S/C19H22N6O3/c1-23-5-4-20-17(23)11-24-6-8-25(9-7-24)12-18-21-19(22-28-18)14-2-3-15-16(10-14)27-13-26-15/h2-5,10H,6-9,11-13H2,1H3. The van der Waals surface area contributed by atoms with Crippen molar-refractivity contribution in [2.24, 2.45) is 7.05 Å². The molecular weight excluding hydrogens is 360 g/mol. The molecule has 1 fully saturated rings. The molecule has 2 aromatic heterocycles. The number of hydrogen-bond acceptors (Lipinski definition) is 8. The first-order valence-electron chi connectivity index (χ1n) is 9.38. The van der Waals surface area contributed by atoms with Crippen molar-refractivity contribution < 1.29 is 14.0 Å². The van der Waals surface area contributed by atoms with E-state index < -0.39 is 0 Å². The lowest BCUT2D eigenvalue weighted by Crippen LogP contribution is -2.45. The summed E-state index contributed by atoms with van der Waals surface area (Å²) in [5, 5.41) is 4.12. The quantitative estimate of drug-likeness (QED) is 0.657. The van der Waals surface area contributed by atoms with E-state index in [2.05, 4.69) is 29.5 Å². The lowest BCUT2D eigenvalue weighted by Gasteiger charge is -2.33. The first kappa shape index (κ1) is 17.2. The lowest BCUT2D eigenvalue weighted by molar-refractivity contribution is 0.109. The van der Waals surface area contributed by atoms with Crippen molar-refractivity contribution in [3.8, 4) is 22.9 Å². The number of hydrogen-bond donors (Lipinski definition) is 0. The van der Waals surface area contributed by atoms with E-state index in [0.29, 0.717) is 24.0 Å². The third-order valence-corrected chi connectivity index (χ3v) is 5.21. The van der Waals surface area contributed by atoms with Gasteiger partial charge in [-0.2, -0.15) is 4.98 Å². The molecular formula is C19H22N6O3. The van der Waals surface area contributed by atoms with Gasteiger partial charge in [0.15, 0.2) is 11.5 Å². The van der Waals surface area contributed by atoms with Gasteiger partial charge in [0.2, 0.25) is 18.5 Å². The molecule has 0 N–H and O–H groups in total. The summed E-state index contributed by atoms with van der Waals surface area (Å²) in [7, 11) is 2.03. The van der Waals surface area contributed by atoms with E-state index in [9.17, 15) is 0 Å². The fourth-order valence-corrected chi connectivity index (χ4v) is 3.52. The normalized spacial score (nSPS) is 17.3. The Labute approximate surface area is 162 Å². The van der Waals surface area contributed by atoms with Crippen molar-refractivity contribution in [2.75, 3.05) is 33.0 Å². The number of benzene rings is 1. The van der Waals surface area contributed by atoms with Crippen molar-refractivity contribution in [2.45, 2.75) is 13.1 Å². The lowest BCUT2D eigenvalue weighted by atomic mass is 10.2. The first-order chi connectivity index (χ1) is 13.7. The van der Waals surface area contributed by atoms with Crippen LogP contribution in [0.1, 0.15) is 11.7 Å². The Bertz CT molecular complexity index is 960. The number of rotatable bonds is 5. The van der Waals surface area contributed by atoms with Gasteiger partial charge in [0, 0.05) is 51.2 Å². The van der Waals surface area contributed by atoms with E-state index in [1.54, 1.807) is 0 Å². The Morgan fingerprint density at radius 1 is 1.00 bits per heavy atom. The molecule has 4 heterocycles. The largest absolute Gasteiger partial charge is 0.454 e. The number of aromatic nitrogens is 4. The number of ether oxygens (including phenoxy) is 2. The molecule has 0 saturated carbocycles. The fraction of sp³-hybridized carbons (Fsp3) is 0.421. The summed E-state index contributed by atoms with van der Waals surface area (Å²) in [6, 6.07) is 5.67. The van der Waals surface area contributed by atoms with E-state index in [0.717, 1.165) is 49.9 Å². The average molecular weight is 382 g/mol. The molecule has 0 bridgehead atoms. The van der Waals surface area contributed by atoms with Crippen LogP contribution < -0.4 is 9.47 Å². The fourth-order valence-electron chi connectivity index (χ4n) is 3.52. The van der Waals surface area contributed by atoms with Crippen LogP contribution in [0, 0.1) is 0 Å². The van der Waals surface area contributed by atoms with Gasteiger partial charge in [0.05, 0.1) is 13.1 Å². The van der Waals surface area contributed by atoms with Crippen LogP contribution in [0.3, 0.4) is 0 Å². The zero-order valence-corrected chi connectivity index (χ0v) is 15.7. The molecule has 0 amide bonds. The second-order valence-corrected chi connectivity index (χ2v) is 7.09. The second kappa shape index (κ2) is 7.25. The van der Waals surface area contributed by atoms with Gasteiger partial charge in [-0.3, -0.25) is 9.80 Å². The van der Waals surface area contributed by atoms with Gasteiger partial charge in [0.1, 0.15) is 5.82 Å². The Hall–Kier alpha value is -2.91. The van der Waals surface area contributed by atoms with E-state index in [1.165, 1.54) is 0 Å². The van der Waals surface area contributed by atoms with Crippen LogP contribution in [0.5, 0.6) is 11.5 Å². The summed E-state index contributed by atoms with van der Waals surface area (Å²) < 4.78 is 18.3. The third-order valence-electron chi connectivity index (χ3n) is 5.21. The molecule has 0 radical (unpaired) electrons. The molecule has 146 valence electrons. The molecule has 1 aromatic carbocycles. The maximum absolute atomic E-state index is 5.47. The second-order valence-electron chi connectivity index (χ2n) is 7.09. The molecule has 2 aliphatic heterocycles. The summed E-state index contributed by atoms with van der Waals surface area (Å²) >= 11 is 0. The zero-order valence-electron chi connectivity index (χ0n) is 15.7. The third kappa shape index (κ3) is 3.46. The van der Waals surface area contributed by atoms with Gasteiger partial charge in [-0.1, -0.05) is 5.16 Å². The highest BCUT2D eigenvalue weighted by Crippen LogP contribution is 2.35. The summed E-state index contributed by atoms with van der Waals surface area (Å²) in [4.78, 5) is 13.7. The topological polar surface area (TPSA) is 81.7 Å². The van der Waals surface area contributed by atoms with Crippen molar-refractivity contribution in [1.82, 2.24) is 29.5 Å². The molecule has 9 heteroatoms. The Balaban J connectivity index is 1.17. The van der Waals surface area contributed by atoms with E-state index in [1.807, 2.05) is 37.6 Å². The van der Waals surface area contributed by atoms with Gasteiger partial charge in [-0.25, -0.2) is 4.98 Å². The number of piperazine rings is 1. The minimum absolute atomic E-state index is 0.252. The number of nitrogens with zero attached hydrogens (tertiary/aromatic N) is 6. The molecule has 0 atom stereocenters. The number of fused-ring (bicyclic) bond motifs is 1. The summed E-state index contributed by atoms with van der Waals surface area (Å²) in [5.74, 6) is 3.76. The highest BCUT2D eigenvalue weighted by molar-refractivity contribution is 5.61. The molecule has 0 aliphatic carbocycles. The molecule has 5 rings (SSSR count). The number of imidazole rings is 1. The van der Waals surface area contributed by atoms with Crippen molar-refractivity contribution in [3.63, 3.8) is 0 Å². The van der Waals surface area contributed by atoms with Crippen LogP contribution in [0.4, 0.5) is 0 Å². The SMILES string of the molecule is Cn1ccnc1CN1CCN(Cc2nc(-c3ccc4c(c3)OCO4)no2)CC1. The monoisotopic (exact) mass is 382 g/mol. The molecule has 0 unspecified atom stereocenters. The minimum atomic E-state index is 0.252. The summed E-state index contributed by atoms with van der Waals surface area (Å²) in [6.07, 6.45) is 3.83. The molecule has 9 nitrogen and oxygen atoms in total. The highest BCUT2D eigenvalue weighted by Gasteiger charge is 2.21. The van der Waals surface area contributed by atoms with Gasteiger partial charge in [-0.15, -0.1) is 0 Å². The van der Waals surface area contributed by atoms with E-state index in [-0.39, 0.29) is 6.79 Å². The van der Waals surface area contributed by atoms with Gasteiger partial charge < -0.3 is 18.6 Å². The van der Waals surface area contributed by atoms with Gasteiger partial charge in [0.25, 0.3) is 0 Å². The molecule has 3 aromatic rings. The maximum atomic E-state index is 5.47. The molecule has 1 saturated heterocycles. The van der Waals surface area contributed by atoms with Crippen LogP contribution in [-0.2, 0) is 20.1 Å². The first-order valence-corrected chi connectivity index (χ1v) is 9.38. The van der Waals surface area contributed by atoms with Crippen LogP contribution in [-0.4, -0.2) is 62.5 Å². The zero-order chi connectivity index (χ0) is 18.9. The van der Waals surface area contributed by atoms with Crippen LogP contribution in [0.25, 0.3) is 11.4 Å². The highest BCUT2D eigenvalue weighted by atomic mass is 16.7. The number of aryl methyl sites for hydroxylation is 1. The maximum Gasteiger partial charge on any atom is 0.241 e.